The molecule has 18 heavy (non-hydrogen) atoms. The van der Waals surface area contributed by atoms with Crippen LogP contribution in [0.1, 0.15) is 0 Å². The predicted molar refractivity (Wildman–Crippen MR) is 60.6 cm³/mol. The number of rotatable bonds is 5. The Kier molecular flexibility index (Phi) is 4.60. The van der Waals surface area contributed by atoms with Crippen LogP contribution in [0, 0.1) is 5.82 Å². The Balaban J connectivity index is 3.01. The average Bonchev–Trinajstić information content (AvgIpc) is 2.26. The molecule has 0 unspecified atom stereocenters. The van der Waals surface area contributed by atoms with Crippen LogP contribution in [0.5, 0.6) is 0 Å². The SMILES string of the molecule is NCC(F)(F)CNS(=O)(=O)c1c(F)cccc1Cl. The molecule has 0 saturated heterocycles. The number of hydrogen-bond donors (Lipinski definition) is 2. The molecule has 0 fully saturated rings. The molecule has 0 aliphatic rings. The van der Waals surface area contributed by atoms with Crippen molar-refractivity contribution < 1.29 is 21.6 Å². The first-order valence-corrected chi connectivity index (χ1v) is 6.57. The van der Waals surface area contributed by atoms with E-state index in [-0.39, 0.29) is 0 Å². The van der Waals surface area contributed by atoms with Crippen LogP contribution >= 0.6 is 11.6 Å². The molecule has 0 spiro atoms. The van der Waals surface area contributed by atoms with Gasteiger partial charge < -0.3 is 5.73 Å². The van der Waals surface area contributed by atoms with Gasteiger partial charge in [-0.05, 0) is 12.1 Å². The van der Waals surface area contributed by atoms with Crippen molar-refractivity contribution in [2.24, 2.45) is 5.73 Å². The summed E-state index contributed by atoms with van der Waals surface area (Å²) in [4.78, 5) is -0.862. The summed E-state index contributed by atoms with van der Waals surface area (Å²) in [5.74, 6) is -4.53. The molecule has 3 N–H and O–H groups in total. The molecular weight excluding hydrogens is 293 g/mol. The molecule has 0 atom stereocenters. The zero-order valence-electron chi connectivity index (χ0n) is 8.96. The maximum Gasteiger partial charge on any atom is 0.273 e. The van der Waals surface area contributed by atoms with Gasteiger partial charge in [-0.2, -0.15) is 0 Å². The molecule has 1 rings (SSSR count). The first-order chi connectivity index (χ1) is 8.19. The van der Waals surface area contributed by atoms with Crippen molar-refractivity contribution in [3.63, 3.8) is 0 Å². The van der Waals surface area contributed by atoms with Crippen molar-refractivity contribution in [3.8, 4) is 0 Å². The van der Waals surface area contributed by atoms with Crippen LogP contribution in [0.15, 0.2) is 23.1 Å². The topological polar surface area (TPSA) is 72.2 Å². The van der Waals surface area contributed by atoms with Crippen LogP contribution in [-0.4, -0.2) is 27.4 Å². The molecule has 0 amide bonds. The standard InChI is InChI=1S/C9H10ClF3N2O2S/c10-6-2-1-3-7(11)8(6)18(16,17)15-5-9(12,13)4-14/h1-3,15H,4-5,14H2. The molecule has 0 radical (unpaired) electrons. The van der Waals surface area contributed by atoms with Crippen LogP contribution in [0.2, 0.25) is 5.02 Å². The van der Waals surface area contributed by atoms with Crippen molar-refractivity contribution in [1.29, 1.82) is 0 Å². The Hall–Kier alpha value is -0.830. The third-order valence-electron chi connectivity index (χ3n) is 2.01. The van der Waals surface area contributed by atoms with Crippen molar-refractivity contribution in [3.05, 3.63) is 29.0 Å². The highest BCUT2D eigenvalue weighted by Gasteiger charge is 2.31. The van der Waals surface area contributed by atoms with E-state index >= 15 is 0 Å². The average molecular weight is 303 g/mol. The minimum atomic E-state index is -4.46. The van der Waals surface area contributed by atoms with Crippen LogP contribution < -0.4 is 10.5 Å². The normalized spacial score (nSPS) is 12.7. The van der Waals surface area contributed by atoms with E-state index in [4.69, 9.17) is 17.3 Å². The molecule has 0 heterocycles. The first-order valence-electron chi connectivity index (χ1n) is 4.71. The second-order valence-electron chi connectivity index (χ2n) is 3.44. The number of sulfonamides is 1. The number of alkyl halides is 2. The smallest absolute Gasteiger partial charge is 0.273 e. The maximum atomic E-state index is 13.3. The fourth-order valence-corrected chi connectivity index (χ4v) is 2.75. The lowest BCUT2D eigenvalue weighted by Gasteiger charge is -2.15. The van der Waals surface area contributed by atoms with Crippen LogP contribution in [0.25, 0.3) is 0 Å². The van der Waals surface area contributed by atoms with Gasteiger partial charge in [0.2, 0.25) is 10.0 Å². The van der Waals surface area contributed by atoms with Gasteiger partial charge in [0.15, 0.2) is 0 Å². The summed E-state index contributed by atoms with van der Waals surface area (Å²) >= 11 is 5.53. The minimum absolute atomic E-state index is 0.390. The monoisotopic (exact) mass is 302 g/mol. The zero-order valence-corrected chi connectivity index (χ0v) is 10.5. The third kappa shape index (κ3) is 3.58. The molecule has 4 nitrogen and oxygen atoms in total. The minimum Gasteiger partial charge on any atom is -0.325 e. The number of nitrogens with two attached hydrogens (primary N) is 1. The highest BCUT2D eigenvalue weighted by Crippen LogP contribution is 2.24. The summed E-state index contributed by atoms with van der Waals surface area (Å²) in [6.07, 6.45) is 0. The summed E-state index contributed by atoms with van der Waals surface area (Å²) in [6.45, 7) is -2.25. The van der Waals surface area contributed by atoms with Crippen molar-refractivity contribution in [2.45, 2.75) is 10.8 Å². The highest BCUT2D eigenvalue weighted by atomic mass is 35.5. The molecule has 0 aromatic heterocycles. The fourth-order valence-electron chi connectivity index (χ4n) is 1.08. The Bertz CT molecular complexity index is 516. The lowest BCUT2D eigenvalue weighted by atomic mass is 10.3. The van der Waals surface area contributed by atoms with Gasteiger partial charge in [0.05, 0.1) is 18.1 Å². The molecule has 1 aromatic carbocycles. The van der Waals surface area contributed by atoms with E-state index in [1.165, 1.54) is 6.07 Å². The van der Waals surface area contributed by atoms with Gasteiger partial charge >= 0.3 is 0 Å². The Morgan fingerprint density at radius 3 is 2.50 bits per heavy atom. The van der Waals surface area contributed by atoms with Crippen LogP contribution in [0.3, 0.4) is 0 Å². The summed E-state index contributed by atoms with van der Waals surface area (Å²) < 4.78 is 63.8. The van der Waals surface area contributed by atoms with Crippen molar-refractivity contribution >= 4 is 21.6 Å². The third-order valence-corrected chi connectivity index (χ3v) is 3.91. The van der Waals surface area contributed by atoms with Gasteiger partial charge in [-0.1, -0.05) is 17.7 Å². The molecule has 102 valence electrons. The molecular formula is C9H10ClF3N2O2S. The Morgan fingerprint density at radius 2 is 2.00 bits per heavy atom. The van der Waals surface area contributed by atoms with Gasteiger partial charge in [0, 0.05) is 0 Å². The fraction of sp³-hybridized carbons (Fsp3) is 0.333. The number of halogens is 4. The van der Waals surface area contributed by atoms with Gasteiger partial charge in [0.1, 0.15) is 10.7 Å². The molecule has 0 aliphatic carbocycles. The van der Waals surface area contributed by atoms with E-state index in [0.29, 0.717) is 0 Å². The Labute approximate surface area is 107 Å². The second kappa shape index (κ2) is 5.43. The van der Waals surface area contributed by atoms with Crippen LogP contribution in [-0.2, 0) is 10.0 Å². The molecule has 0 aliphatic heterocycles. The van der Waals surface area contributed by atoms with E-state index in [1.807, 2.05) is 0 Å². The number of benzene rings is 1. The maximum absolute atomic E-state index is 13.3. The van der Waals surface area contributed by atoms with E-state index < -0.39 is 44.8 Å². The summed E-state index contributed by atoms with van der Waals surface area (Å²) in [5, 5.41) is -0.390. The van der Waals surface area contributed by atoms with E-state index in [1.54, 1.807) is 4.72 Å². The molecule has 1 aromatic rings. The highest BCUT2D eigenvalue weighted by molar-refractivity contribution is 7.89. The lowest BCUT2D eigenvalue weighted by Crippen LogP contribution is -2.41. The Morgan fingerprint density at radius 1 is 1.39 bits per heavy atom. The van der Waals surface area contributed by atoms with E-state index in [0.717, 1.165) is 12.1 Å². The van der Waals surface area contributed by atoms with E-state index in [9.17, 15) is 21.6 Å². The van der Waals surface area contributed by atoms with Gasteiger partial charge in [0.25, 0.3) is 5.92 Å². The predicted octanol–water partition coefficient (Wildman–Crippen LogP) is 1.35. The van der Waals surface area contributed by atoms with Crippen LogP contribution in [0.4, 0.5) is 13.2 Å². The number of nitrogens with one attached hydrogen (secondary N) is 1. The molecule has 0 bridgehead atoms. The molecule has 9 heteroatoms. The first kappa shape index (κ1) is 15.2. The zero-order chi connectivity index (χ0) is 14.0. The number of hydrogen-bond acceptors (Lipinski definition) is 3. The lowest BCUT2D eigenvalue weighted by molar-refractivity contribution is 0.0170. The van der Waals surface area contributed by atoms with Crippen molar-refractivity contribution in [2.75, 3.05) is 13.1 Å². The summed E-state index contributed by atoms with van der Waals surface area (Å²) in [6, 6.07) is 3.20. The quantitative estimate of drug-likeness (QED) is 0.862. The van der Waals surface area contributed by atoms with Crippen molar-refractivity contribution in [1.82, 2.24) is 4.72 Å². The summed E-state index contributed by atoms with van der Waals surface area (Å²) in [5.41, 5.74) is 4.75. The second-order valence-corrected chi connectivity index (χ2v) is 5.55. The van der Waals surface area contributed by atoms with E-state index in [2.05, 4.69) is 0 Å². The summed E-state index contributed by atoms with van der Waals surface area (Å²) in [7, 11) is -4.46. The largest absolute Gasteiger partial charge is 0.325 e. The van der Waals surface area contributed by atoms with Gasteiger partial charge in [-0.25, -0.2) is 26.3 Å². The van der Waals surface area contributed by atoms with Gasteiger partial charge in [-0.15, -0.1) is 0 Å². The van der Waals surface area contributed by atoms with Gasteiger partial charge in [-0.3, -0.25) is 0 Å². The molecule has 0 saturated carbocycles.